The van der Waals surface area contributed by atoms with Gasteiger partial charge in [-0.25, -0.2) is 4.79 Å². The molecule has 9 heteroatoms. The fourth-order valence-electron chi connectivity index (χ4n) is 2.88. The van der Waals surface area contributed by atoms with Crippen molar-refractivity contribution in [3.05, 3.63) is 49.7 Å². The lowest BCUT2D eigenvalue weighted by Gasteiger charge is -2.10. The fraction of sp³-hybridized carbons (Fsp3) is 0.333. The molecule has 3 rings (SSSR count). The van der Waals surface area contributed by atoms with Crippen LogP contribution in [0.5, 0.6) is 5.75 Å². The van der Waals surface area contributed by atoms with E-state index in [9.17, 15) is 19.7 Å². The SMILES string of the molecule is COc1cc([N+](=O)[O-])ccc1NC(=O)COC(=O)c1cc2c(s1)CCCC2. The Morgan fingerprint density at radius 3 is 2.74 bits per heavy atom. The Morgan fingerprint density at radius 2 is 2.04 bits per heavy atom. The Labute approximate surface area is 159 Å². The molecule has 142 valence electrons. The molecule has 1 aliphatic carbocycles. The highest BCUT2D eigenvalue weighted by Gasteiger charge is 2.19. The lowest BCUT2D eigenvalue weighted by molar-refractivity contribution is -0.384. The molecule has 0 saturated carbocycles. The number of methoxy groups -OCH3 is 1. The van der Waals surface area contributed by atoms with Crippen LogP contribution in [0.25, 0.3) is 0 Å². The summed E-state index contributed by atoms with van der Waals surface area (Å²) in [6.07, 6.45) is 4.20. The molecule has 1 amide bonds. The molecule has 1 aromatic carbocycles. The van der Waals surface area contributed by atoms with Gasteiger partial charge in [0.25, 0.3) is 11.6 Å². The van der Waals surface area contributed by atoms with Gasteiger partial charge in [0.05, 0.1) is 23.8 Å². The quantitative estimate of drug-likeness (QED) is 0.460. The van der Waals surface area contributed by atoms with Crippen LogP contribution in [-0.2, 0) is 22.4 Å². The number of carbonyl (C=O) groups excluding carboxylic acids is 2. The Morgan fingerprint density at radius 1 is 1.26 bits per heavy atom. The molecule has 2 aromatic rings. The van der Waals surface area contributed by atoms with Crippen molar-refractivity contribution in [2.45, 2.75) is 25.7 Å². The van der Waals surface area contributed by atoms with Crippen molar-refractivity contribution >= 4 is 34.6 Å². The number of amides is 1. The van der Waals surface area contributed by atoms with Crippen molar-refractivity contribution in [3.63, 3.8) is 0 Å². The third-order valence-corrected chi connectivity index (χ3v) is 5.42. The van der Waals surface area contributed by atoms with Gasteiger partial charge in [0, 0.05) is 10.9 Å². The second-order valence-electron chi connectivity index (χ2n) is 6.03. The first-order chi connectivity index (χ1) is 13.0. The highest BCUT2D eigenvalue weighted by atomic mass is 32.1. The van der Waals surface area contributed by atoms with Gasteiger partial charge in [-0.05, 0) is 43.4 Å². The van der Waals surface area contributed by atoms with Crippen molar-refractivity contribution < 1.29 is 24.0 Å². The van der Waals surface area contributed by atoms with Gasteiger partial charge in [-0.3, -0.25) is 14.9 Å². The number of carbonyl (C=O) groups is 2. The van der Waals surface area contributed by atoms with E-state index in [1.807, 2.05) is 6.07 Å². The van der Waals surface area contributed by atoms with E-state index in [0.29, 0.717) is 4.88 Å². The zero-order chi connectivity index (χ0) is 19.4. The summed E-state index contributed by atoms with van der Waals surface area (Å²) in [5.41, 5.74) is 1.30. The monoisotopic (exact) mass is 390 g/mol. The molecule has 0 spiro atoms. The van der Waals surface area contributed by atoms with Crippen LogP contribution in [-0.4, -0.2) is 30.5 Å². The fourth-order valence-corrected chi connectivity index (χ4v) is 4.02. The third kappa shape index (κ3) is 4.43. The second kappa shape index (κ2) is 8.17. The topological polar surface area (TPSA) is 108 Å². The van der Waals surface area contributed by atoms with Crippen LogP contribution in [0.1, 0.15) is 33.0 Å². The van der Waals surface area contributed by atoms with E-state index < -0.39 is 23.4 Å². The molecule has 0 saturated heterocycles. The summed E-state index contributed by atoms with van der Waals surface area (Å²) in [6, 6.07) is 5.67. The number of aryl methyl sites for hydroxylation is 2. The standard InChI is InChI=1S/C18H18N2O6S/c1-25-14-9-12(20(23)24)6-7-13(14)19-17(21)10-26-18(22)16-8-11-4-2-3-5-15(11)27-16/h6-9H,2-5,10H2,1H3,(H,19,21). The summed E-state index contributed by atoms with van der Waals surface area (Å²) in [5, 5.41) is 13.3. The number of nitrogens with one attached hydrogen (secondary N) is 1. The molecule has 0 fully saturated rings. The van der Waals surface area contributed by atoms with E-state index in [1.54, 1.807) is 0 Å². The first-order valence-corrected chi connectivity index (χ1v) is 9.20. The van der Waals surface area contributed by atoms with E-state index in [-0.39, 0.29) is 17.1 Å². The number of nitro groups is 1. The molecule has 0 aliphatic heterocycles. The van der Waals surface area contributed by atoms with E-state index in [4.69, 9.17) is 9.47 Å². The van der Waals surface area contributed by atoms with E-state index >= 15 is 0 Å². The predicted octanol–water partition coefficient (Wildman–Crippen LogP) is 3.34. The number of rotatable bonds is 6. The van der Waals surface area contributed by atoms with E-state index in [2.05, 4.69) is 5.32 Å². The zero-order valence-electron chi connectivity index (χ0n) is 14.6. The van der Waals surface area contributed by atoms with Gasteiger partial charge < -0.3 is 14.8 Å². The number of nitrogens with zero attached hydrogens (tertiary/aromatic N) is 1. The summed E-state index contributed by atoms with van der Waals surface area (Å²) in [7, 11) is 1.34. The molecule has 1 aromatic heterocycles. The molecule has 8 nitrogen and oxygen atoms in total. The molecular weight excluding hydrogens is 372 g/mol. The van der Waals surface area contributed by atoms with Gasteiger partial charge in [-0.2, -0.15) is 0 Å². The average molecular weight is 390 g/mol. The lowest BCUT2D eigenvalue weighted by Crippen LogP contribution is -2.21. The van der Waals surface area contributed by atoms with Crippen LogP contribution in [0, 0.1) is 10.1 Å². The molecule has 27 heavy (non-hydrogen) atoms. The third-order valence-electron chi connectivity index (χ3n) is 4.20. The Hall–Kier alpha value is -2.94. The molecule has 1 aliphatic rings. The number of nitro benzene ring substituents is 1. The lowest BCUT2D eigenvalue weighted by atomic mass is 9.99. The minimum Gasteiger partial charge on any atom is -0.494 e. The van der Waals surface area contributed by atoms with Gasteiger partial charge in [0.15, 0.2) is 6.61 Å². The Kier molecular flexibility index (Phi) is 5.70. The maximum Gasteiger partial charge on any atom is 0.348 e. The number of benzene rings is 1. The Balaban J connectivity index is 1.59. The number of fused-ring (bicyclic) bond motifs is 1. The normalized spacial score (nSPS) is 12.8. The minimum atomic E-state index is -0.559. The predicted molar refractivity (Wildman–Crippen MR) is 99.5 cm³/mol. The number of ether oxygens (including phenoxy) is 2. The van der Waals surface area contributed by atoms with Gasteiger partial charge in [-0.15, -0.1) is 11.3 Å². The van der Waals surface area contributed by atoms with Crippen LogP contribution >= 0.6 is 11.3 Å². The van der Waals surface area contributed by atoms with Crippen LogP contribution in [0.15, 0.2) is 24.3 Å². The van der Waals surface area contributed by atoms with Crippen molar-refractivity contribution in [3.8, 4) is 5.75 Å². The van der Waals surface area contributed by atoms with Crippen molar-refractivity contribution in [2.75, 3.05) is 19.0 Å². The minimum absolute atomic E-state index is 0.148. The number of hydrogen-bond acceptors (Lipinski definition) is 7. The van der Waals surface area contributed by atoms with E-state index in [1.165, 1.54) is 47.1 Å². The maximum absolute atomic E-state index is 12.2. The molecule has 0 radical (unpaired) electrons. The van der Waals surface area contributed by atoms with Gasteiger partial charge in [-0.1, -0.05) is 0 Å². The van der Waals surface area contributed by atoms with Crippen LogP contribution < -0.4 is 10.1 Å². The first-order valence-electron chi connectivity index (χ1n) is 8.39. The number of anilines is 1. The van der Waals surface area contributed by atoms with Crippen molar-refractivity contribution in [1.82, 2.24) is 0 Å². The second-order valence-corrected chi connectivity index (χ2v) is 7.17. The van der Waals surface area contributed by atoms with Crippen LogP contribution in [0.2, 0.25) is 0 Å². The first kappa shape index (κ1) is 18.8. The molecule has 0 bridgehead atoms. The summed E-state index contributed by atoms with van der Waals surface area (Å²) in [4.78, 5) is 36.2. The highest BCUT2D eigenvalue weighted by Crippen LogP contribution is 2.30. The molecule has 1 heterocycles. The summed E-state index contributed by atoms with van der Waals surface area (Å²) in [6.45, 7) is -0.457. The zero-order valence-corrected chi connectivity index (χ0v) is 15.5. The summed E-state index contributed by atoms with van der Waals surface area (Å²) in [5.74, 6) is -0.938. The van der Waals surface area contributed by atoms with Gasteiger partial charge >= 0.3 is 5.97 Å². The number of non-ortho nitro benzene ring substituents is 1. The number of esters is 1. The van der Waals surface area contributed by atoms with Crippen LogP contribution in [0.4, 0.5) is 11.4 Å². The van der Waals surface area contributed by atoms with Gasteiger partial charge in [0.2, 0.25) is 0 Å². The summed E-state index contributed by atoms with van der Waals surface area (Å²) < 4.78 is 10.1. The number of thiophene rings is 1. The average Bonchev–Trinajstić information content (AvgIpc) is 3.10. The van der Waals surface area contributed by atoms with Crippen molar-refractivity contribution in [1.29, 1.82) is 0 Å². The molecular formula is C18H18N2O6S. The molecule has 0 atom stereocenters. The molecule has 1 N–H and O–H groups in total. The molecule has 0 unspecified atom stereocenters. The van der Waals surface area contributed by atoms with Crippen molar-refractivity contribution in [2.24, 2.45) is 0 Å². The summed E-state index contributed by atoms with van der Waals surface area (Å²) >= 11 is 1.42. The highest BCUT2D eigenvalue weighted by molar-refractivity contribution is 7.14. The smallest absolute Gasteiger partial charge is 0.348 e. The Bertz CT molecular complexity index is 868. The maximum atomic E-state index is 12.2. The van der Waals surface area contributed by atoms with E-state index in [0.717, 1.165) is 25.7 Å². The number of hydrogen-bond donors (Lipinski definition) is 1. The van der Waals surface area contributed by atoms with Crippen LogP contribution in [0.3, 0.4) is 0 Å². The van der Waals surface area contributed by atoms with Gasteiger partial charge in [0.1, 0.15) is 10.6 Å². The largest absolute Gasteiger partial charge is 0.494 e.